The zero-order chi connectivity index (χ0) is 27.6. The van der Waals surface area contributed by atoms with E-state index in [-0.39, 0.29) is 30.2 Å². The fourth-order valence-electron chi connectivity index (χ4n) is 4.08. The van der Waals surface area contributed by atoms with Gasteiger partial charge in [-0.1, -0.05) is 6.07 Å². The van der Waals surface area contributed by atoms with E-state index in [2.05, 4.69) is 21.4 Å². The van der Waals surface area contributed by atoms with Crippen LogP contribution in [-0.4, -0.2) is 94.5 Å². The van der Waals surface area contributed by atoms with E-state index < -0.39 is 53.0 Å². The van der Waals surface area contributed by atoms with Crippen LogP contribution in [0.25, 0.3) is 0 Å². The van der Waals surface area contributed by atoms with Crippen molar-refractivity contribution in [3.05, 3.63) is 33.7 Å². The highest BCUT2D eigenvalue weighted by Gasteiger charge is 2.67. The zero-order valence-corrected chi connectivity index (χ0v) is 21.8. The lowest BCUT2D eigenvalue weighted by Gasteiger charge is -2.55. The second-order valence-corrected chi connectivity index (χ2v) is 10.3. The van der Waals surface area contributed by atoms with Crippen molar-refractivity contribution in [2.45, 2.75) is 24.1 Å². The minimum atomic E-state index is -1.92. The Balaban J connectivity index is 1.53. The number of thiophene rings is 1. The second kappa shape index (κ2) is 10.9. The molecule has 4 rings (SSSR count). The van der Waals surface area contributed by atoms with Crippen molar-refractivity contribution in [3.8, 4) is 0 Å². The summed E-state index contributed by atoms with van der Waals surface area (Å²) >= 11 is 2.30. The van der Waals surface area contributed by atoms with E-state index in [1.54, 1.807) is 17.5 Å². The summed E-state index contributed by atoms with van der Waals surface area (Å²) in [6, 6.07) is 0.676. The molecule has 0 bridgehead atoms. The fourth-order valence-corrected chi connectivity index (χ4v) is 6.28. The summed E-state index contributed by atoms with van der Waals surface area (Å²) in [5.41, 5.74) is 0.310. The van der Waals surface area contributed by atoms with Gasteiger partial charge in [0, 0.05) is 36.8 Å². The normalized spacial score (nSPS) is 23.2. The van der Waals surface area contributed by atoms with E-state index in [4.69, 9.17) is 9.47 Å². The summed E-state index contributed by atoms with van der Waals surface area (Å²) in [5.74, 6) is -3.55. The molecular weight excluding hydrogens is 544 g/mol. The smallest absolute Gasteiger partial charge is 0.352 e. The van der Waals surface area contributed by atoms with Gasteiger partial charge in [-0.2, -0.15) is 0 Å². The van der Waals surface area contributed by atoms with Gasteiger partial charge in [-0.3, -0.25) is 19.3 Å². The van der Waals surface area contributed by atoms with E-state index in [1.807, 2.05) is 0 Å². The number of thioether (sulfide) groups is 1. The molecule has 2 saturated heterocycles. The van der Waals surface area contributed by atoms with Gasteiger partial charge in [-0.15, -0.1) is 23.1 Å². The topological polar surface area (TPSA) is 196 Å². The average molecular weight is 569 g/mol. The molecule has 204 valence electrons. The number of carboxylic acid groups (broad SMARTS) is 1. The number of hydrazine groups is 1. The van der Waals surface area contributed by atoms with E-state index in [9.17, 15) is 33.9 Å². The van der Waals surface area contributed by atoms with Gasteiger partial charge in [0.1, 0.15) is 23.7 Å². The summed E-state index contributed by atoms with van der Waals surface area (Å²) in [6.45, 7) is 1.45. The first kappa shape index (κ1) is 27.2. The summed E-state index contributed by atoms with van der Waals surface area (Å²) in [7, 11) is 1.20. The Kier molecular flexibility index (Phi) is 7.79. The SMILES string of the molecule is CO[C@@]1(NC(=O)C(NC(=O)NN2CCNC2=O)c2cccs2)C(=O)N2C(C(=O)O)=C(COC(C)=O)CSC21. The summed E-state index contributed by atoms with van der Waals surface area (Å²) in [6.07, 6.45) is 0. The number of esters is 1. The van der Waals surface area contributed by atoms with Crippen molar-refractivity contribution in [1.82, 2.24) is 31.3 Å². The van der Waals surface area contributed by atoms with Crippen LogP contribution >= 0.6 is 23.1 Å². The van der Waals surface area contributed by atoms with Crippen molar-refractivity contribution in [1.29, 1.82) is 0 Å². The lowest BCUT2D eigenvalue weighted by molar-refractivity contribution is -0.193. The number of urea groups is 2. The minimum Gasteiger partial charge on any atom is -0.477 e. The minimum absolute atomic E-state index is 0.0945. The highest BCUT2D eigenvalue weighted by Crippen LogP contribution is 2.46. The van der Waals surface area contributed by atoms with Crippen LogP contribution in [0.15, 0.2) is 28.8 Å². The third kappa shape index (κ3) is 4.99. The third-order valence-corrected chi connectivity index (χ3v) is 8.16. The first-order chi connectivity index (χ1) is 18.1. The number of ether oxygens (including phenoxy) is 2. The summed E-state index contributed by atoms with van der Waals surface area (Å²) < 4.78 is 10.4. The number of fused-ring (bicyclic) bond motifs is 1. The van der Waals surface area contributed by atoms with Crippen LogP contribution < -0.4 is 21.4 Å². The van der Waals surface area contributed by atoms with Crippen molar-refractivity contribution >= 4 is 58.9 Å². The van der Waals surface area contributed by atoms with E-state index >= 15 is 0 Å². The van der Waals surface area contributed by atoms with Crippen LogP contribution in [0.2, 0.25) is 0 Å². The molecule has 3 aliphatic rings. The van der Waals surface area contributed by atoms with Gasteiger partial charge in [0.25, 0.3) is 17.5 Å². The number of hydrogen-bond acceptors (Lipinski definition) is 10. The van der Waals surface area contributed by atoms with E-state index in [0.717, 1.165) is 21.7 Å². The van der Waals surface area contributed by atoms with Crippen LogP contribution in [0.5, 0.6) is 0 Å². The van der Waals surface area contributed by atoms with Crippen molar-refractivity contribution in [3.63, 3.8) is 0 Å². The van der Waals surface area contributed by atoms with Gasteiger partial charge in [-0.25, -0.2) is 24.8 Å². The van der Waals surface area contributed by atoms with E-state index in [1.165, 1.54) is 25.4 Å². The number of aliphatic carboxylic acids is 1. The first-order valence-electron chi connectivity index (χ1n) is 11.2. The lowest BCUT2D eigenvalue weighted by Crippen LogP contribution is -2.81. The molecule has 38 heavy (non-hydrogen) atoms. The number of β-lactam (4-membered cyclic amide) rings is 1. The Labute approximate surface area is 223 Å². The Bertz CT molecular complexity index is 1210. The molecule has 0 spiro atoms. The van der Waals surface area contributed by atoms with Gasteiger partial charge in [0.05, 0.1) is 6.54 Å². The molecule has 0 radical (unpaired) electrons. The molecule has 15 nitrogen and oxygen atoms in total. The maximum atomic E-state index is 13.4. The van der Waals surface area contributed by atoms with E-state index in [0.29, 0.717) is 11.4 Å². The number of carboxylic acids is 1. The van der Waals surface area contributed by atoms with Gasteiger partial charge in [0.2, 0.25) is 0 Å². The molecule has 2 unspecified atom stereocenters. The van der Waals surface area contributed by atoms with Gasteiger partial charge in [0.15, 0.2) is 0 Å². The van der Waals surface area contributed by atoms with Crippen LogP contribution in [0, 0.1) is 0 Å². The Hall–Kier alpha value is -3.83. The number of nitrogens with zero attached hydrogens (tertiary/aromatic N) is 2. The molecule has 0 saturated carbocycles. The third-order valence-electron chi connectivity index (χ3n) is 5.85. The molecular formula is C21H24N6O9S2. The molecule has 3 aliphatic heterocycles. The highest BCUT2D eigenvalue weighted by molar-refractivity contribution is 8.00. The molecule has 5 N–H and O–H groups in total. The highest BCUT2D eigenvalue weighted by atomic mass is 32.2. The fraction of sp³-hybridized carbons (Fsp3) is 0.429. The Morgan fingerprint density at radius 2 is 2.08 bits per heavy atom. The number of carbonyl (C=O) groups is 6. The van der Waals surface area contributed by atoms with Crippen molar-refractivity contribution < 1.29 is 43.3 Å². The summed E-state index contributed by atoms with van der Waals surface area (Å²) in [5, 5.41) is 19.1. The molecule has 6 amide bonds. The monoisotopic (exact) mass is 568 g/mol. The lowest BCUT2D eigenvalue weighted by atomic mass is 9.97. The second-order valence-electron chi connectivity index (χ2n) is 8.22. The maximum Gasteiger partial charge on any atom is 0.352 e. The number of hydrogen-bond donors (Lipinski definition) is 5. The average Bonchev–Trinajstić information content (AvgIpc) is 3.55. The number of nitrogens with one attached hydrogen (secondary N) is 4. The Morgan fingerprint density at radius 3 is 2.66 bits per heavy atom. The maximum absolute atomic E-state index is 13.4. The predicted molar refractivity (Wildman–Crippen MR) is 131 cm³/mol. The molecule has 0 aliphatic carbocycles. The molecule has 3 atom stereocenters. The molecule has 0 aromatic carbocycles. The van der Waals surface area contributed by atoms with Gasteiger partial charge >= 0.3 is 24.0 Å². The van der Waals surface area contributed by atoms with Crippen molar-refractivity contribution in [2.75, 3.05) is 32.6 Å². The quantitative estimate of drug-likeness (QED) is 0.144. The number of rotatable bonds is 9. The van der Waals surface area contributed by atoms with Crippen LogP contribution in [0.1, 0.15) is 17.8 Å². The van der Waals surface area contributed by atoms with Gasteiger partial charge < -0.3 is 30.5 Å². The summed E-state index contributed by atoms with van der Waals surface area (Å²) in [4.78, 5) is 75.7. The largest absolute Gasteiger partial charge is 0.477 e. The van der Waals surface area contributed by atoms with Crippen LogP contribution in [0.4, 0.5) is 9.59 Å². The van der Waals surface area contributed by atoms with Crippen molar-refractivity contribution in [2.24, 2.45) is 0 Å². The standard InChI is InChI=1S/C21H24N6O9S2/c1-10(28)36-8-11-9-38-18-21(35-2,17(32)27(18)14(11)16(30)31)24-15(29)13(12-4-3-7-37-12)23-19(33)25-26-6-5-22-20(26)34/h3-4,7,13,18H,5-6,8-9H2,1-2H3,(H,22,34)(H,24,29)(H,30,31)(H2,23,25,33)/t13?,18?,21-/m0/s1. The Morgan fingerprint density at radius 1 is 1.32 bits per heavy atom. The number of amides is 6. The molecule has 2 fully saturated rings. The molecule has 1 aromatic heterocycles. The van der Waals surface area contributed by atoms with Crippen LogP contribution in [-0.2, 0) is 28.7 Å². The van der Waals surface area contributed by atoms with Gasteiger partial charge in [-0.05, 0) is 11.4 Å². The predicted octanol–water partition coefficient (Wildman–Crippen LogP) is -0.696. The molecule has 1 aromatic rings. The van der Waals surface area contributed by atoms with Crippen LogP contribution in [0.3, 0.4) is 0 Å². The number of carbonyl (C=O) groups excluding carboxylic acids is 5. The molecule has 4 heterocycles. The number of methoxy groups -OCH3 is 1. The first-order valence-corrected chi connectivity index (χ1v) is 13.1. The zero-order valence-electron chi connectivity index (χ0n) is 20.1. The molecule has 17 heteroatoms.